The first-order chi connectivity index (χ1) is 20.1. The summed E-state index contributed by atoms with van der Waals surface area (Å²) < 4.78 is 7.52. The highest BCUT2D eigenvalue weighted by atomic mass is 16.5. The van der Waals surface area contributed by atoms with Crippen LogP contribution in [0, 0.1) is 0 Å². The maximum atomic E-state index is 9.58. The minimum Gasteiger partial charge on any atom is -0.396 e. The molecule has 218 valence electrons. The van der Waals surface area contributed by atoms with E-state index < -0.39 is 0 Å². The molecule has 1 aromatic carbocycles. The zero-order chi connectivity index (χ0) is 28.2. The predicted molar refractivity (Wildman–Crippen MR) is 162 cm³/mol. The van der Waals surface area contributed by atoms with Crippen molar-refractivity contribution in [1.29, 1.82) is 0 Å². The standard InChI is InChI=1S/C31H42N8O2/c1-2-4-23(10-16-40)35-30-29-27(36-31(32)37-30)19-34-39(29)20-22-6-7-25(26-5-3-13-33-28(22)26)21-8-14-38(15-9-21)24-11-17-41-18-12-24/h3,5-7,13,19,21,23-24,40H,2,4,8-12,14-18,20H2,1H3,(H3,32,35,36,37). The highest BCUT2D eigenvalue weighted by Gasteiger charge is 2.28. The van der Waals surface area contributed by atoms with Crippen molar-refractivity contribution in [2.45, 2.75) is 76.4 Å². The van der Waals surface area contributed by atoms with Crippen LogP contribution in [0.3, 0.4) is 0 Å². The number of nitrogens with one attached hydrogen (secondary N) is 1. The second-order valence-corrected chi connectivity index (χ2v) is 11.5. The van der Waals surface area contributed by atoms with E-state index in [1.807, 2.05) is 16.9 Å². The summed E-state index contributed by atoms with van der Waals surface area (Å²) in [6.45, 7) is 6.87. The molecule has 4 N–H and O–H groups in total. The lowest BCUT2D eigenvalue weighted by Crippen LogP contribution is -2.43. The van der Waals surface area contributed by atoms with Crippen molar-refractivity contribution in [3.8, 4) is 0 Å². The van der Waals surface area contributed by atoms with E-state index in [0.29, 0.717) is 36.3 Å². The van der Waals surface area contributed by atoms with Crippen LogP contribution in [-0.2, 0) is 11.3 Å². The zero-order valence-corrected chi connectivity index (χ0v) is 24.0. The molecular formula is C31H42N8O2. The maximum absolute atomic E-state index is 9.58. The molecule has 0 saturated carbocycles. The molecule has 3 aromatic heterocycles. The van der Waals surface area contributed by atoms with Crippen LogP contribution in [0.25, 0.3) is 21.9 Å². The third-order valence-corrected chi connectivity index (χ3v) is 8.85. The number of hydrogen-bond acceptors (Lipinski definition) is 9. The molecule has 0 aliphatic carbocycles. The van der Waals surface area contributed by atoms with Crippen LogP contribution in [0.15, 0.2) is 36.7 Å². The molecule has 41 heavy (non-hydrogen) atoms. The molecule has 0 bridgehead atoms. The summed E-state index contributed by atoms with van der Waals surface area (Å²) in [6, 6.07) is 9.56. The molecule has 2 aliphatic heterocycles. The monoisotopic (exact) mass is 558 g/mol. The average molecular weight is 559 g/mol. The second kappa shape index (κ2) is 12.7. The Morgan fingerprint density at radius 3 is 2.71 bits per heavy atom. The Morgan fingerprint density at radius 2 is 1.93 bits per heavy atom. The van der Waals surface area contributed by atoms with E-state index in [1.165, 1.54) is 23.8 Å². The van der Waals surface area contributed by atoms with Gasteiger partial charge in [-0.2, -0.15) is 10.1 Å². The van der Waals surface area contributed by atoms with Crippen LogP contribution in [0.4, 0.5) is 11.8 Å². The number of benzene rings is 1. The van der Waals surface area contributed by atoms with Crippen molar-refractivity contribution in [3.63, 3.8) is 0 Å². The van der Waals surface area contributed by atoms with Crippen molar-refractivity contribution in [1.82, 2.24) is 29.6 Å². The Kier molecular flexibility index (Phi) is 8.59. The van der Waals surface area contributed by atoms with E-state index in [9.17, 15) is 5.11 Å². The number of aliphatic hydroxyl groups excluding tert-OH is 1. The largest absolute Gasteiger partial charge is 0.396 e. The number of piperidine rings is 1. The lowest BCUT2D eigenvalue weighted by Gasteiger charge is -2.39. The summed E-state index contributed by atoms with van der Waals surface area (Å²) >= 11 is 0. The van der Waals surface area contributed by atoms with Gasteiger partial charge in [0.1, 0.15) is 11.0 Å². The Bertz CT molecular complexity index is 1450. The fraction of sp³-hybridized carbons (Fsp3) is 0.548. The lowest BCUT2D eigenvalue weighted by molar-refractivity contribution is 0.0252. The molecule has 1 unspecified atom stereocenters. The molecule has 6 rings (SSSR count). The number of nitrogen functional groups attached to an aromatic ring is 1. The third-order valence-electron chi connectivity index (χ3n) is 8.85. The van der Waals surface area contributed by atoms with Crippen molar-refractivity contribution < 1.29 is 9.84 Å². The van der Waals surface area contributed by atoms with E-state index >= 15 is 0 Å². The number of ether oxygens (including phenoxy) is 1. The molecule has 4 aromatic rings. The van der Waals surface area contributed by atoms with Crippen LogP contribution in [0.1, 0.15) is 68.9 Å². The van der Waals surface area contributed by atoms with Gasteiger partial charge in [-0.3, -0.25) is 9.67 Å². The molecule has 0 amide bonds. The molecule has 2 saturated heterocycles. The van der Waals surface area contributed by atoms with E-state index in [1.54, 1.807) is 6.20 Å². The van der Waals surface area contributed by atoms with Gasteiger partial charge in [0.25, 0.3) is 0 Å². The molecule has 0 spiro atoms. The van der Waals surface area contributed by atoms with Gasteiger partial charge in [-0.25, -0.2) is 4.98 Å². The molecular weight excluding hydrogens is 516 g/mol. The summed E-state index contributed by atoms with van der Waals surface area (Å²) in [5, 5.41) is 19.0. The van der Waals surface area contributed by atoms with Gasteiger partial charge in [0.15, 0.2) is 5.82 Å². The van der Waals surface area contributed by atoms with Gasteiger partial charge >= 0.3 is 0 Å². The van der Waals surface area contributed by atoms with Crippen molar-refractivity contribution >= 4 is 33.7 Å². The molecule has 1 atom stereocenters. The van der Waals surface area contributed by atoms with Crippen LogP contribution in [-0.4, -0.2) is 79.7 Å². The highest BCUT2D eigenvalue weighted by Crippen LogP contribution is 2.35. The van der Waals surface area contributed by atoms with E-state index in [2.05, 4.69) is 45.3 Å². The highest BCUT2D eigenvalue weighted by molar-refractivity contribution is 5.88. The first-order valence-electron chi connectivity index (χ1n) is 15.2. The maximum Gasteiger partial charge on any atom is 0.222 e. The molecule has 0 radical (unpaired) electrons. The molecule has 2 aliphatic rings. The van der Waals surface area contributed by atoms with Crippen molar-refractivity contribution in [2.75, 3.05) is 44.0 Å². The smallest absolute Gasteiger partial charge is 0.222 e. The van der Waals surface area contributed by atoms with Gasteiger partial charge < -0.3 is 25.8 Å². The molecule has 5 heterocycles. The Hall–Kier alpha value is -3.34. The van der Waals surface area contributed by atoms with Crippen molar-refractivity contribution in [3.05, 3.63) is 47.8 Å². The SMILES string of the molecule is CCCC(CCO)Nc1nc(N)nc2cnn(Cc3ccc(C4CCN(C5CCOCC5)CC4)c4cccnc34)c12. The van der Waals surface area contributed by atoms with Gasteiger partial charge in [0.2, 0.25) is 5.95 Å². The molecule has 2 fully saturated rings. The van der Waals surface area contributed by atoms with Crippen LogP contribution < -0.4 is 11.1 Å². The summed E-state index contributed by atoms with van der Waals surface area (Å²) in [7, 11) is 0. The van der Waals surface area contributed by atoms with Crippen LogP contribution in [0.5, 0.6) is 0 Å². The third kappa shape index (κ3) is 6.00. The first kappa shape index (κ1) is 27.8. The number of rotatable bonds is 10. The normalized spacial score (nSPS) is 18.3. The number of fused-ring (bicyclic) bond motifs is 2. The number of pyridine rings is 1. The van der Waals surface area contributed by atoms with Gasteiger partial charge in [0.05, 0.1) is 18.3 Å². The number of hydrogen-bond donors (Lipinski definition) is 3. The van der Waals surface area contributed by atoms with Crippen LogP contribution in [0.2, 0.25) is 0 Å². The van der Waals surface area contributed by atoms with Gasteiger partial charge in [-0.05, 0) is 74.7 Å². The molecule has 10 nitrogen and oxygen atoms in total. The first-order valence-corrected chi connectivity index (χ1v) is 15.2. The van der Waals surface area contributed by atoms with Gasteiger partial charge in [-0.15, -0.1) is 0 Å². The number of nitrogens with two attached hydrogens (primary N) is 1. The fourth-order valence-electron chi connectivity index (χ4n) is 6.75. The number of aromatic nitrogens is 5. The Balaban J connectivity index is 1.27. The van der Waals surface area contributed by atoms with E-state index in [-0.39, 0.29) is 18.6 Å². The quantitative estimate of drug-likeness (QED) is 0.261. The summed E-state index contributed by atoms with van der Waals surface area (Å²) in [6.07, 6.45) is 10.8. The van der Waals surface area contributed by atoms with E-state index in [4.69, 9.17) is 20.6 Å². The minimum absolute atomic E-state index is 0.0884. The van der Waals surface area contributed by atoms with E-state index in [0.717, 1.165) is 68.6 Å². The number of anilines is 2. The predicted octanol–water partition coefficient (Wildman–Crippen LogP) is 4.33. The summed E-state index contributed by atoms with van der Waals surface area (Å²) in [5.41, 5.74) is 11.1. The average Bonchev–Trinajstić information content (AvgIpc) is 3.40. The van der Waals surface area contributed by atoms with Crippen molar-refractivity contribution in [2.24, 2.45) is 0 Å². The minimum atomic E-state index is 0.0884. The lowest BCUT2D eigenvalue weighted by atomic mass is 9.85. The zero-order valence-electron chi connectivity index (χ0n) is 24.0. The summed E-state index contributed by atoms with van der Waals surface area (Å²) in [5.74, 6) is 1.40. The Morgan fingerprint density at radius 1 is 1.10 bits per heavy atom. The number of nitrogens with zero attached hydrogens (tertiary/aromatic N) is 6. The molecule has 10 heteroatoms. The summed E-state index contributed by atoms with van der Waals surface area (Å²) in [4.78, 5) is 16.5. The second-order valence-electron chi connectivity index (χ2n) is 11.5. The fourth-order valence-corrected chi connectivity index (χ4v) is 6.75. The van der Waals surface area contributed by atoms with Crippen LogP contribution >= 0.6 is 0 Å². The topological polar surface area (TPSA) is 127 Å². The van der Waals surface area contributed by atoms with Gasteiger partial charge in [-0.1, -0.05) is 31.5 Å². The Labute approximate surface area is 241 Å². The number of likely N-dealkylation sites (tertiary alicyclic amines) is 1. The number of aliphatic hydroxyl groups is 1. The van der Waals surface area contributed by atoms with Gasteiger partial charge in [0, 0.05) is 43.5 Å².